The minimum Gasteiger partial charge on any atom is -0.348 e. The zero-order chi connectivity index (χ0) is 24.9. The van der Waals surface area contributed by atoms with Gasteiger partial charge in [0.1, 0.15) is 10.6 Å². The average molecular weight is 483 g/mol. The van der Waals surface area contributed by atoms with Crippen LogP contribution in [0.2, 0.25) is 0 Å². The Hall–Kier alpha value is -3.43. The lowest BCUT2D eigenvalue weighted by molar-refractivity contribution is 0.0951. The number of rotatable bonds is 9. The molecule has 1 heterocycles. The van der Waals surface area contributed by atoms with E-state index < -0.39 is 15.9 Å². The van der Waals surface area contributed by atoms with E-state index in [1.54, 1.807) is 45.2 Å². The topological polar surface area (TPSA) is 101 Å². The number of benzene rings is 2. The van der Waals surface area contributed by atoms with Crippen molar-refractivity contribution in [1.82, 2.24) is 14.2 Å². The first-order chi connectivity index (χ1) is 16.2. The second kappa shape index (κ2) is 10.7. The minimum atomic E-state index is -3.70. The van der Waals surface area contributed by atoms with Gasteiger partial charge in [0.05, 0.1) is 11.3 Å². The number of nitrogens with one attached hydrogen (secondary N) is 2. The van der Waals surface area contributed by atoms with E-state index in [-0.39, 0.29) is 16.5 Å². The number of hydrogen-bond donors (Lipinski definition) is 2. The highest BCUT2D eigenvalue weighted by molar-refractivity contribution is 7.89. The van der Waals surface area contributed by atoms with Crippen LogP contribution in [0.5, 0.6) is 0 Å². The van der Waals surface area contributed by atoms with Gasteiger partial charge in [0.2, 0.25) is 10.0 Å². The predicted molar refractivity (Wildman–Crippen MR) is 132 cm³/mol. The molecule has 0 aliphatic carbocycles. The number of carbonyl (C=O) groups is 2. The summed E-state index contributed by atoms with van der Waals surface area (Å²) in [6.07, 6.45) is 1.42. The number of sulfonamides is 1. The Morgan fingerprint density at radius 2 is 1.62 bits per heavy atom. The summed E-state index contributed by atoms with van der Waals surface area (Å²) >= 11 is 0. The lowest BCUT2D eigenvalue weighted by Crippen LogP contribution is -2.30. The van der Waals surface area contributed by atoms with Gasteiger partial charge in [-0.2, -0.15) is 4.31 Å². The molecular formula is C25H30N4O4S. The summed E-state index contributed by atoms with van der Waals surface area (Å²) in [5.74, 6) is -0.838. The summed E-state index contributed by atoms with van der Waals surface area (Å²) in [4.78, 5) is 25.9. The number of hydrogen-bond acceptors (Lipinski definition) is 4. The van der Waals surface area contributed by atoms with Crippen molar-refractivity contribution < 1.29 is 18.0 Å². The van der Waals surface area contributed by atoms with Crippen molar-refractivity contribution in [2.45, 2.75) is 32.2 Å². The summed E-state index contributed by atoms with van der Waals surface area (Å²) in [5.41, 5.74) is 2.92. The summed E-state index contributed by atoms with van der Waals surface area (Å²) in [6.45, 7) is 6.54. The zero-order valence-corrected chi connectivity index (χ0v) is 20.6. The maximum Gasteiger partial charge on any atom is 0.272 e. The monoisotopic (exact) mass is 482 g/mol. The van der Waals surface area contributed by atoms with Crippen LogP contribution in [-0.2, 0) is 23.6 Å². The fourth-order valence-electron chi connectivity index (χ4n) is 3.57. The van der Waals surface area contributed by atoms with Gasteiger partial charge in [-0.1, -0.05) is 55.8 Å². The van der Waals surface area contributed by atoms with Crippen molar-refractivity contribution in [3.05, 3.63) is 83.2 Å². The summed E-state index contributed by atoms with van der Waals surface area (Å²) in [5, 5.41) is 5.62. The molecule has 2 aromatic carbocycles. The van der Waals surface area contributed by atoms with Crippen LogP contribution < -0.4 is 10.6 Å². The summed E-state index contributed by atoms with van der Waals surface area (Å²) in [7, 11) is -2.09. The van der Waals surface area contributed by atoms with Gasteiger partial charge >= 0.3 is 0 Å². The van der Waals surface area contributed by atoms with E-state index in [4.69, 9.17) is 0 Å². The van der Waals surface area contributed by atoms with E-state index in [0.29, 0.717) is 30.9 Å². The molecule has 3 aromatic rings. The highest BCUT2D eigenvalue weighted by atomic mass is 32.2. The normalized spacial score (nSPS) is 11.4. The number of aromatic nitrogens is 1. The molecular weight excluding hydrogens is 452 g/mol. The first-order valence-electron chi connectivity index (χ1n) is 11.1. The Labute approximate surface area is 200 Å². The van der Waals surface area contributed by atoms with Gasteiger partial charge in [-0.25, -0.2) is 8.42 Å². The van der Waals surface area contributed by atoms with Crippen molar-refractivity contribution in [2.24, 2.45) is 7.05 Å². The fraction of sp³-hybridized carbons (Fsp3) is 0.280. The van der Waals surface area contributed by atoms with E-state index in [2.05, 4.69) is 10.6 Å². The van der Waals surface area contributed by atoms with Crippen LogP contribution in [0.3, 0.4) is 0 Å². The Morgan fingerprint density at radius 1 is 0.971 bits per heavy atom. The van der Waals surface area contributed by atoms with Crippen molar-refractivity contribution in [3.8, 4) is 0 Å². The average Bonchev–Trinajstić information content (AvgIpc) is 3.22. The van der Waals surface area contributed by atoms with Crippen molar-refractivity contribution in [2.75, 3.05) is 18.4 Å². The van der Waals surface area contributed by atoms with E-state index in [9.17, 15) is 18.0 Å². The highest BCUT2D eigenvalue weighted by Gasteiger charge is 2.26. The molecule has 0 unspecified atom stereocenters. The molecule has 34 heavy (non-hydrogen) atoms. The Kier molecular flexibility index (Phi) is 7.90. The molecule has 2 N–H and O–H groups in total. The standard InChI is InChI=1S/C25H30N4O4S/c1-5-29(6-2)34(32,33)20-15-23(28(4)17-20)25(31)27-22-10-8-7-9-21(22)24(30)26-16-19-13-11-18(3)12-14-19/h7-15,17H,5-6,16H2,1-4H3,(H,26,30)(H,27,31). The summed E-state index contributed by atoms with van der Waals surface area (Å²) in [6, 6.07) is 15.9. The second-order valence-electron chi connectivity index (χ2n) is 7.93. The molecule has 0 radical (unpaired) electrons. The van der Waals surface area contributed by atoms with Gasteiger partial charge in [0.25, 0.3) is 11.8 Å². The maximum absolute atomic E-state index is 13.0. The zero-order valence-electron chi connectivity index (χ0n) is 19.8. The van der Waals surface area contributed by atoms with Crippen LogP contribution in [0.15, 0.2) is 65.7 Å². The van der Waals surface area contributed by atoms with Gasteiger partial charge in [-0.3, -0.25) is 9.59 Å². The van der Waals surface area contributed by atoms with E-state index in [1.807, 2.05) is 31.2 Å². The van der Waals surface area contributed by atoms with Gasteiger partial charge in [-0.05, 0) is 30.7 Å². The molecule has 0 spiro atoms. The van der Waals surface area contributed by atoms with Crippen LogP contribution in [-0.4, -0.2) is 42.2 Å². The molecule has 180 valence electrons. The number of carbonyl (C=O) groups excluding carboxylic acids is 2. The molecule has 8 nitrogen and oxygen atoms in total. The first kappa shape index (κ1) is 25.2. The molecule has 9 heteroatoms. The molecule has 0 saturated carbocycles. The predicted octanol–water partition coefficient (Wildman–Crippen LogP) is 3.55. The third-order valence-electron chi connectivity index (χ3n) is 5.55. The largest absolute Gasteiger partial charge is 0.348 e. The smallest absolute Gasteiger partial charge is 0.272 e. The lowest BCUT2D eigenvalue weighted by atomic mass is 10.1. The molecule has 0 atom stereocenters. The number of nitrogens with zero attached hydrogens (tertiary/aromatic N) is 2. The third-order valence-corrected chi connectivity index (χ3v) is 7.56. The van der Waals surface area contributed by atoms with E-state index in [1.165, 1.54) is 21.1 Å². The van der Waals surface area contributed by atoms with Crippen molar-refractivity contribution >= 4 is 27.5 Å². The third kappa shape index (κ3) is 5.55. The van der Waals surface area contributed by atoms with Gasteiger partial charge in [0.15, 0.2) is 0 Å². The van der Waals surface area contributed by atoms with Gasteiger partial charge in [0, 0.05) is 32.9 Å². The quantitative estimate of drug-likeness (QED) is 0.487. The Bertz CT molecular complexity index is 1280. The van der Waals surface area contributed by atoms with E-state index >= 15 is 0 Å². The van der Waals surface area contributed by atoms with E-state index in [0.717, 1.165) is 11.1 Å². The molecule has 2 amide bonds. The number of amides is 2. The molecule has 0 bridgehead atoms. The number of anilines is 1. The van der Waals surface area contributed by atoms with Gasteiger partial charge < -0.3 is 15.2 Å². The Balaban J connectivity index is 1.78. The van der Waals surface area contributed by atoms with Crippen molar-refractivity contribution in [1.29, 1.82) is 0 Å². The molecule has 3 rings (SSSR count). The second-order valence-corrected chi connectivity index (χ2v) is 9.87. The molecule has 0 aliphatic heterocycles. The van der Waals surface area contributed by atoms with Crippen LogP contribution in [0.25, 0.3) is 0 Å². The lowest BCUT2D eigenvalue weighted by Gasteiger charge is -2.17. The van der Waals surface area contributed by atoms with Crippen LogP contribution >= 0.6 is 0 Å². The first-order valence-corrected chi connectivity index (χ1v) is 12.5. The molecule has 0 aliphatic rings. The minimum absolute atomic E-state index is 0.0491. The maximum atomic E-state index is 13.0. The molecule has 0 fully saturated rings. The van der Waals surface area contributed by atoms with Crippen LogP contribution in [0.1, 0.15) is 45.8 Å². The molecule has 1 aromatic heterocycles. The highest BCUT2D eigenvalue weighted by Crippen LogP contribution is 2.21. The number of aryl methyl sites for hydroxylation is 2. The SMILES string of the molecule is CCN(CC)S(=O)(=O)c1cc(C(=O)Nc2ccccc2C(=O)NCc2ccc(C)cc2)n(C)c1. The Morgan fingerprint density at radius 3 is 2.26 bits per heavy atom. The summed E-state index contributed by atoms with van der Waals surface area (Å²) < 4.78 is 28.4. The van der Waals surface area contributed by atoms with Crippen LogP contribution in [0.4, 0.5) is 5.69 Å². The van der Waals surface area contributed by atoms with Crippen LogP contribution in [0, 0.1) is 6.92 Å². The van der Waals surface area contributed by atoms with Crippen molar-refractivity contribution in [3.63, 3.8) is 0 Å². The molecule has 0 saturated heterocycles. The number of para-hydroxylation sites is 1. The fourth-order valence-corrected chi connectivity index (χ4v) is 5.10. The van der Waals surface area contributed by atoms with Gasteiger partial charge in [-0.15, -0.1) is 0 Å².